The van der Waals surface area contributed by atoms with E-state index in [4.69, 9.17) is 11.6 Å². The van der Waals surface area contributed by atoms with Gasteiger partial charge in [0.15, 0.2) is 0 Å². The summed E-state index contributed by atoms with van der Waals surface area (Å²) >= 11 is 8.19. The molecule has 0 spiro atoms. The van der Waals surface area contributed by atoms with E-state index in [1.807, 2.05) is 18.2 Å². The van der Waals surface area contributed by atoms with Crippen molar-refractivity contribution >= 4 is 39.9 Å². The Morgan fingerprint density at radius 3 is 2.73 bits per heavy atom. The summed E-state index contributed by atoms with van der Waals surface area (Å²) in [6, 6.07) is 5.95. The molecule has 0 aliphatic carbocycles. The summed E-state index contributed by atoms with van der Waals surface area (Å²) in [4.78, 5) is 0. The topological polar surface area (TPSA) is 12.0 Å². The van der Waals surface area contributed by atoms with Gasteiger partial charge in [-0.05, 0) is 59.5 Å². The largest absolute Gasteiger partial charge is 0.384 e. The molecule has 1 rings (SSSR count). The fourth-order valence-electron chi connectivity index (χ4n) is 1.37. The van der Waals surface area contributed by atoms with E-state index in [1.54, 1.807) is 0 Å². The smallest absolute Gasteiger partial charge is 0.0476 e. The lowest BCUT2D eigenvalue weighted by Gasteiger charge is -2.09. The van der Waals surface area contributed by atoms with E-state index in [1.165, 1.54) is 22.1 Å². The van der Waals surface area contributed by atoms with Crippen LogP contribution in [0.3, 0.4) is 0 Å². The highest BCUT2D eigenvalue weighted by molar-refractivity contribution is 14.1. The van der Waals surface area contributed by atoms with E-state index in [9.17, 15) is 0 Å². The van der Waals surface area contributed by atoms with Gasteiger partial charge in [0.05, 0.1) is 0 Å². The first-order valence-electron chi connectivity index (χ1n) is 5.28. The van der Waals surface area contributed by atoms with Crippen LogP contribution in [-0.2, 0) is 0 Å². The summed E-state index contributed by atoms with van der Waals surface area (Å²) < 4.78 is 1.18. The fraction of sp³-hybridized carbons (Fsp3) is 0.500. The second kappa shape index (κ2) is 6.59. The molecule has 0 aliphatic heterocycles. The highest BCUT2D eigenvalue weighted by atomic mass is 127. The number of hydrogen-bond donors (Lipinski definition) is 1. The maximum Gasteiger partial charge on any atom is 0.0476 e. The highest BCUT2D eigenvalue weighted by Crippen LogP contribution is 2.22. The zero-order chi connectivity index (χ0) is 11.3. The molecule has 0 aromatic heterocycles. The Hall–Kier alpha value is 0.0400. The van der Waals surface area contributed by atoms with E-state index >= 15 is 0 Å². The van der Waals surface area contributed by atoms with Gasteiger partial charge in [0, 0.05) is 20.8 Å². The lowest BCUT2D eigenvalue weighted by atomic mass is 10.1. The Morgan fingerprint density at radius 2 is 2.13 bits per heavy atom. The molecule has 0 amide bonds. The SMILES string of the molecule is CC(C)CCCNc1ccc(Cl)cc1I. The predicted molar refractivity (Wildman–Crippen MR) is 76.7 cm³/mol. The van der Waals surface area contributed by atoms with Crippen molar-refractivity contribution in [3.05, 3.63) is 26.8 Å². The number of hydrogen-bond acceptors (Lipinski definition) is 1. The molecule has 0 heterocycles. The summed E-state index contributed by atoms with van der Waals surface area (Å²) in [5, 5.41) is 4.23. The molecule has 0 saturated heterocycles. The maximum absolute atomic E-state index is 5.89. The second-order valence-corrected chi connectivity index (χ2v) is 5.69. The van der Waals surface area contributed by atoms with Crippen LogP contribution in [0.1, 0.15) is 26.7 Å². The molecule has 84 valence electrons. The minimum atomic E-state index is 0.788. The van der Waals surface area contributed by atoms with Crippen LogP contribution in [0.15, 0.2) is 18.2 Å². The summed E-state index contributed by atoms with van der Waals surface area (Å²) in [5.74, 6) is 0.788. The lowest BCUT2D eigenvalue weighted by Crippen LogP contribution is -2.04. The van der Waals surface area contributed by atoms with Crippen molar-refractivity contribution in [1.82, 2.24) is 0 Å². The molecule has 0 atom stereocenters. The summed E-state index contributed by atoms with van der Waals surface area (Å²) in [6.45, 7) is 5.55. The molecule has 0 unspecified atom stereocenters. The standard InChI is InChI=1S/C12H17ClIN/c1-9(2)4-3-7-15-12-6-5-10(13)8-11(12)14/h5-6,8-9,15H,3-4,7H2,1-2H3. The van der Waals surface area contributed by atoms with Crippen LogP contribution in [0.4, 0.5) is 5.69 Å². The average molecular weight is 338 g/mol. The molecular formula is C12H17ClIN. The molecule has 3 heteroatoms. The fourth-order valence-corrected chi connectivity index (χ4v) is 2.43. The van der Waals surface area contributed by atoms with Crippen LogP contribution in [0.25, 0.3) is 0 Å². The van der Waals surface area contributed by atoms with Crippen molar-refractivity contribution in [1.29, 1.82) is 0 Å². The third-order valence-corrected chi connectivity index (χ3v) is 3.33. The summed E-state index contributed by atoms with van der Waals surface area (Å²) in [5.41, 5.74) is 1.18. The molecule has 0 aliphatic rings. The molecule has 1 aromatic rings. The number of rotatable bonds is 5. The Labute approximate surface area is 111 Å². The first-order chi connectivity index (χ1) is 7.09. The third-order valence-electron chi connectivity index (χ3n) is 2.20. The van der Waals surface area contributed by atoms with Crippen molar-refractivity contribution in [3.63, 3.8) is 0 Å². The Morgan fingerprint density at radius 1 is 1.40 bits per heavy atom. The third kappa shape index (κ3) is 5.07. The minimum Gasteiger partial charge on any atom is -0.384 e. The normalized spacial score (nSPS) is 10.7. The Bertz CT molecular complexity index is 312. The van der Waals surface area contributed by atoms with Gasteiger partial charge < -0.3 is 5.32 Å². The zero-order valence-electron chi connectivity index (χ0n) is 9.19. The van der Waals surface area contributed by atoms with Gasteiger partial charge in [0.1, 0.15) is 0 Å². The minimum absolute atomic E-state index is 0.788. The average Bonchev–Trinajstić information content (AvgIpc) is 2.14. The number of nitrogens with one attached hydrogen (secondary N) is 1. The molecule has 0 fully saturated rings. The van der Waals surface area contributed by atoms with Crippen LogP contribution in [0.5, 0.6) is 0 Å². The number of benzene rings is 1. The van der Waals surface area contributed by atoms with E-state index in [2.05, 4.69) is 41.8 Å². The second-order valence-electron chi connectivity index (χ2n) is 4.09. The quantitative estimate of drug-likeness (QED) is 0.601. The molecule has 0 saturated carbocycles. The zero-order valence-corrected chi connectivity index (χ0v) is 12.1. The molecular weight excluding hydrogens is 320 g/mol. The van der Waals surface area contributed by atoms with Gasteiger partial charge in [-0.25, -0.2) is 0 Å². The first kappa shape index (κ1) is 13.1. The first-order valence-corrected chi connectivity index (χ1v) is 6.74. The predicted octanol–water partition coefficient (Wildman–Crippen LogP) is 4.79. The van der Waals surface area contributed by atoms with E-state index in [0.29, 0.717) is 0 Å². The van der Waals surface area contributed by atoms with E-state index in [0.717, 1.165) is 17.5 Å². The lowest BCUT2D eigenvalue weighted by molar-refractivity contribution is 0.567. The maximum atomic E-state index is 5.89. The molecule has 15 heavy (non-hydrogen) atoms. The van der Waals surface area contributed by atoms with Gasteiger partial charge in [0.25, 0.3) is 0 Å². The molecule has 1 N–H and O–H groups in total. The molecule has 1 aromatic carbocycles. The molecule has 0 bridgehead atoms. The van der Waals surface area contributed by atoms with Gasteiger partial charge in [0.2, 0.25) is 0 Å². The van der Waals surface area contributed by atoms with Crippen molar-refractivity contribution in [2.24, 2.45) is 5.92 Å². The number of anilines is 1. The van der Waals surface area contributed by atoms with Crippen LogP contribution < -0.4 is 5.32 Å². The molecule has 0 radical (unpaired) electrons. The van der Waals surface area contributed by atoms with Gasteiger partial charge in [-0.3, -0.25) is 0 Å². The van der Waals surface area contributed by atoms with Crippen molar-refractivity contribution < 1.29 is 0 Å². The van der Waals surface area contributed by atoms with Gasteiger partial charge >= 0.3 is 0 Å². The van der Waals surface area contributed by atoms with Crippen LogP contribution in [0, 0.1) is 9.49 Å². The van der Waals surface area contributed by atoms with E-state index < -0.39 is 0 Å². The van der Waals surface area contributed by atoms with Crippen molar-refractivity contribution in [3.8, 4) is 0 Å². The van der Waals surface area contributed by atoms with Crippen LogP contribution in [-0.4, -0.2) is 6.54 Å². The summed E-state index contributed by atoms with van der Waals surface area (Å²) in [6.07, 6.45) is 2.49. The van der Waals surface area contributed by atoms with Crippen LogP contribution in [0.2, 0.25) is 5.02 Å². The number of halogens is 2. The Kier molecular flexibility index (Phi) is 5.75. The highest BCUT2D eigenvalue weighted by Gasteiger charge is 2.00. The van der Waals surface area contributed by atoms with Crippen LogP contribution >= 0.6 is 34.2 Å². The Balaban J connectivity index is 2.37. The van der Waals surface area contributed by atoms with Gasteiger partial charge in [-0.1, -0.05) is 25.4 Å². The summed E-state index contributed by atoms with van der Waals surface area (Å²) in [7, 11) is 0. The van der Waals surface area contributed by atoms with E-state index in [-0.39, 0.29) is 0 Å². The van der Waals surface area contributed by atoms with Gasteiger partial charge in [-0.2, -0.15) is 0 Å². The molecule has 1 nitrogen and oxygen atoms in total. The van der Waals surface area contributed by atoms with Crippen molar-refractivity contribution in [2.75, 3.05) is 11.9 Å². The van der Waals surface area contributed by atoms with Gasteiger partial charge in [-0.15, -0.1) is 0 Å². The van der Waals surface area contributed by atoms with Crippen molar-refractivity contribution in [2.45, 2.75) is 26.7 Å². The monoisotopic (exact) mass is 337 g/mol.